The highest BCUT2D eigenvalue weighted by Crippen LogP contribution is 2.42. The summed E-state index contributed by atoms with van der Waals surface area (Å²) in [5.41, 5.74) is 3.69. The topological polar surface area (TPSA) is 36.7 Å². The number of hydrogen-bond donors (Lipinski definition) is 0. The summed E-state index contributed by atoms with van der Waals surface area (Å²) in [7, 11) is 0. The molecule has 0 amide bonds. The second-order valence-corrected chi connectivity index (χ2v) is 7.02. The fourth-order valence-electron chi connectivity index (χ4n) is 3.33. The van der Waals surface area contributed by atoms with Crippen LogP contribution in [-0.4, -0.2) is 4.98 Å². The molecule has 2 aromatic heterocycles. The number of rotatable bonds is 1. The maximum absolute atomic E-state index is 9.04. The third-order valence-corrected chi connectivity index (χ3v) is 5.68. The van der Waals surface area contributed by atoms with Crippen LogP contribution in [0, 0.1) is 11.3 Å². The Hall–Kier alpha value is -3.22. The van der Waals surface area contributed by atoms with Crippen LogP contribution in [0.3, 0.4) is 0 Å². The standard InChI is InChI=1S/C22H12N2S/c23-13-14-9-11-15(12-10-14)21-22-20(16-5-1-3-7-18(16)24-21)17-6-2-4-8-19(17)25-22/h1-12H. The molecule has 5 aromatic rings. The van der Waals surface area contributed by atoms with E-state index in [4.69, 9.17) is 10.2 Å². The molecule has 0 unspecified atom stereocenters. The van der Waals surface area contributed by atoms with E-state index in [2.05, 4.69) is 48.5 Å². The van der Waals surface area contributed by atoms with Gasteiger partial charge in [0.1, 0.15) is 0 Å². The smallest absolute Gasteiger partial charge is 0.0991 e. The zero-order valence-corrected chi connectivity index (χ0v) is 14.0. The minimum absolute atomic E-state index is 0.664. The molecule has 116 valence electrons. The number of fused-ring (bicyclic) bond motifs is 5. The molecule has 0 radical (unpaired) electrons. The monoisotopic (exact) mass is 336 g/mol. The van der Waals surface area contributed by atoms with Crippen LogP contribution in [0.25, 0.3) is 42.3 Å². The normalized spacial score (nSPS) is 11.2. The summed E-state index contributed by atoms with van der Waals surface area (Å²) >= 11 is 1.78. The van der Waals surface area contributed by atoms with Crippen molar-refractivity contribution in [2.45, 2.75) is 0 Å². The molecule has 3 heteroatoms. The molecular formula is C22H12N2S. The van der Waals surface area contributed by atoms with Crippen LogP contribution in [0.2, 0.25) is 0 Å². The van der Waals surface area contributed by atoms with Crippen molar-refractivity contribution >= 4 is 42.4 Å². The van der Waals surface area contributed by atoms with Crippen molar-refractivity contribution < 1.29 is 0 Å². The summed E-state index contributed by atoms with van der Waals surface area (Å²) in [6.07, 6.45) is 0. The van der Waals surface area contributed by atoms with Crippen LogP contribution in [-0.2, 0) is 0 Å². The van der Waals surface area contributed by atoms with Gasteiger partial charge in [-0.3, -0.25) is 0 Å². The summed E-state index contributed by atoms with van der Waals surface area (Å²) < 4.78 is 2.47. The summed E-state index contributed by atoms with van der Waals surface area (Å²) in [6.45, 7) is 0. The van der Waals surface area contributed by atoms with Crippen molar-refractivity contribution in [3.8, 4) is 17.3 Å². The van der Waals surface area contributed by atoms with Gasteiger partial charge in [-0.25, -0.2) is 4.98 Å². The molecule has 3 aromatic carbocycles. The van der Waals surface area contributed by atoms with E-state index in [1.807, 2.05) is 30.3 Å². The van der Waals surface area contributed by atoms with E-state index in [1.54, 1.807) is 11.3 Å². The van der Waals surface area contributed by atoms with Crippen molar-refractivity contribution in [1.82, 2.24) is 4.98 Å². The molecule has 0 aliphatic heterocycles. The first-order chi connectivity index (χ1) is 12.3. The Balaban J connectivity index is 1.96. The molecule has 0 fully saturated rings. The van der Waals surface area contributed by atoms with Crippen LogP contribution in [0.4, 0.5) is 0 Å². The summed E-state index contributed by atoms with van der Waals surface area (Å²) in [5.74, 6) is 0. The van der Waals surface area contributed by atoms with Gasteiger partial charge in [0, 0.05) is 26.4 Å². The molecule has 0 bridgehead atoms. The first kappa shape index (κ1) is 14.2. The second-order valence-electron chi connectivity index (χ2n) is 5.97. The highest BCUT2D eigenvalue weighted by atomic mass is 32.1. The Morgan fingerprint density at radius 2 is 1.52 bits per heavy atom. The van der Waals surface area contributed by atoms with Gasteiger partial charge in [0.25, 0.3) is 0 Å². The molecule has 0 saturated carbocycles. The first-order valence-electron chi connectivity index (χ1n) is 8.06. The van der Waals surface area contributed by atoms with E-state index in [0.29, 0.717) is 5.56 Å². The lowest BCUT2D eigenvalue weighted by Gasteiger charge is -2.07. The van der Waals surface area contributed by atoms with Gasteiger partial charge in [-0.1, -0.05) is 48.5 Å². The number of nitrogens with zero attached hydrogens (tertiary/aromatic N) is 2. The lowest BCUT2D eigenvalue weighted by molar-refractivity contribution is 1.43. The maximum Gasteiger partial charge on any atom is 0.0991 e. The molecule has 25 heavy (non-hydrogen) atoms. The van der Waals surface area contributed by atoms with Crippen molar-refractivity contribution in [2.24, 2.45) is 0 Å². The Labute approximate surface area is 148 Å². The molecule has 0 aliphatic carbocycles. The summed E-state index contributed by atoms with van der Waals surface area (Å²) in [6, 6.07) is 26.7. The minimum atomic E-state index is 0.664. The average Bonchev–Trinajstić information content (AvgIpc) is 3.07. The summed E-state index contributed by atoms with van der Waals surface area (Å²) in [4.78, 5) is 4.95. The Morgan fingerprint density at radius 3 is 2.32 bits per heavy atom. The Morgan fingerprint density at radius 1 is 0.800 bits per heavy atom. The number of para-hydroxylation sites is 1. The van der Waals surface area contributed by atoms with Gasteiger partial charge in [0.2, 0.25) is 0 Å². The van der Waals surface area contributed by atoms with Crippen LogP contribution < -0.4 is 0 Å². The molecule has 0 N–H and O–H groups in total. The van der Waals surface area contributed by atoms with Crippen LogP contribution in [0.15, 0.2) is 72.8 Å². The highest BCUT2D eigenvalue weighted by Gasteiger charge is 2.15. The van der Waals surface area contributed by atoms with E-state index in [0.717, 1.165) is 16.8 Å². The van der Waals surface area contributed by atoms with Gasteiger partial charge in [-0.15, -0.1) is 11.3 Å². The van der Waals surface area contributed by atoms with Crippen molar-refractivity contribution in [2.75, 3.05) is 0 Å². The quantitative estimate of drug-likeness (QED) is 0.368. The number of aromatic nitrogens is 1. The molecule has 0 atom stereocenters. The molecular weight excluding hydrogens is 324 g/mol. The zero-order chi connectivity index (χ0) is 16.8. The Kier molecular flexibility index (Phi) is 3.06. The summed E-state index contributed by atoms with van der Waals surface area (Å²) in [5, 5.41) is 12.8. The predicted octanol–water partition coefficient (Wildman–Crippen LogP) is 6.14. The van der Waals surface area contributed by atoms with Crippen molar-refractivity contribution in [3.05, 3.63) is 78.4 Å². The zero-order valence-electron chi connectivity index (χ0n) is 13.2. The van der Waals surface area contributed by atoms with Gasteiger partial charge < -0.3 is 0 Å². The molecule has 2 heterocycles. The fraction of sp³-hybridized carbons (Fsp3) is 0. The molecule has 0 spiro atoms. The number of thiophene rings is 1. The third-order valence-electron chi connectivity index (χ3n) is 4.50. The van der Waals surface area contributed by atoms with E-state index in [-0.39, 0.29) is 0 Å². The fourth-order valence-corrected chi connectivity index (χ4v) is 4.56. The highest BCUT2D eigenvalue weighted by molar-refractivity contribution is 7.26. The third kappa shape index (κ3) is 2.12. The van der Waals surface area contributed by atoms with Crippen LogP contribution >= 0.6 is 11.3 Å². The van der Waals surface area contributed by atoms with Gasteiger partial charge in [0.15, 0.2) is 0 Å². The lowest BCUT2D eigenvalue weighted by atomic mass is 10.0. The van der Waals surface area contributed by atoms with Gasteiger partial charge in [0.05, 0.1) is 27.5 Å². The van der Waals surface area contributed by atoms with Crippen molar-refractivity contribution in [3.63, 3.8) is 0 Å². The largest absolute Gasteiger partial charge is 0.246 e. The van der Waals surface area contributed by atoms with E-state index >= 15 is 0 Å². The lowest BCUT2D eigenvalue weighted by Crippen LogP contribution is -1.87. The van der Waals surface area contributed by atoms with E-state index in [9.17, 15) is 0 Å². The van der Waals surface area contributed by atoms with Crippen LogP contribution in [0.5, 0.6) is 0 Å². The molecule has 0 saturated heterocycles. The SMILES string of the molecule is N#Cc1ccc(-c2nc3ccccc3c3c2sc2ccccc23)cc1. The predicted molar refractivity (Wildman–Crippen MR) is 105 cm³/mol. The number of nitriles is 1. The number of benzene rings is 3. The minimum Gasteiger partial charge on any atom is -0.246 e. The Bertz CT molecular complexity index is 1290. The molecule has 0 aliphatic rings. The van der Waals surface area contributed by atoms with E-state index < -0.39 is 0 Å². The molecule has 5 rings (SSSR count). The first-order valence-corrected chi connectivity index (χ1v) is 8.87. The second kappa shape index (κ2) is 5.41. The average molecular weight is 336 g/mol. The van der Waals surface area contributed by atoms with Gasteiger partial charge >= 0.3 is 0 Å². The maximum atomic E-state index is 9.04. The number of hydrogen-bond acceptors (Lipinski definition) is 3. The van der Waals surface area contributed by atoms with E-state index in [1.165, 1.54) is 25.6 Å². The van der Waals surface area contributed by atoms with Gasteiger partial charge in [-0.2, -0.15) is 5.26 Å². The van der Waals surface area contributed by atoms with Gasteiger partial charge in [-0.05, 0) is 24.3 Å². The van der Waals surface area contributed by atoms with Crippen molar-refractivity contribution in [1.29, 1.82) is 5.26 Å². The molecule has 2 nitrogen and oxygen atoms in total. The number of pyridine rings is 1. The van der Waals surface area contributed by atoms with Crippen LogP contribution in [0.1, 0.15) is 5.56 Å².